The third-order valence-corrected chi connectivity index (χ3v) is 3.48. The van der Waals surface area contributed by atoms with Crippen molar-refractivity contribution in [1.29, 1.82) is 0 Å². The molecule has 0 unspecified atom stereocenters. The van der Waals surface area contributed by atoms with E-state index < -0.39 is 0 Å². The maximum absolute atomic E-state index is 10.2. The fraction of sp³-hybridized carbons (Fsp3) is 0.118. The molecule has 3 rings (SSSR count). The highest BCUT2D eigenvalue weighted by atomic mass is 35.5. The summed E-state index contributed by atoms with van der Waals surface area (Å²) in [5, 5.41) is 10.6. The van der Waals surface area contributed by atoms with Crippen LogP contribution in [0.3, 0.4) is 0 Å². The maximum Gasteiger partial charge on any atom is 0.139 e. The van der Waals surface area contributed by atoms with E-state index in [0.717, 1.165) is 5.69 Å². The summed E-state index contributed by atoms with van der Waals surface area (Å²) >= 11 is 6.07. The molecular formula is C17H15ClN4O. The van der Waals surface area contributed by atoms with Gasteiger partial charge in [0.2, 0.25) is 0 Å². The number of hydrogen-bond donors (Lipinski definition) is 1. The number of aryl methyl sites for hydroxylation is 1. The van der Waals surface area contributed by atoms with Crippen molar-refractivity contribution in [2.45, 2.75) is 13.5 Å². The first-order valence-corrected chi connectivity index (χ1v) is 7.48. The largest absolute Gasteiger partial charge is 0.506 e. The van der Waals surface area contributed by atoms with Gasteiger partial charge in [0.15, 0.2) is 0 Å². The summed E-state index contributed by atoms with van der Waals surface area (Å²) in [6.07, 6.45) is 1.73. The minimum absolute atomic E-state index is 0.163. The highest BCUT2D eigenvalue weighted by Gasteiger charge is 2.16. The van der Waals surface area contributed by atoms with E-state index in [9.17, 15) is 5.11 Å². The van der Waals surface area contributed by atoms with E-state index in [1.54, 1.807) is 31.3 Å². The van der Waals surface area contributed by atoms with Gasteiger partial charge in [0.1, 0.15) is 22.5 Å². The predicted molar refractivity (Wildman–Crippen MR) is 90.0 cm³/mol. The Morgan fingerprint density at radius 2 is 1.87 bits per heavy atom. The van der Waals surface area contributed by atoms with Gasteiger partial charge >= 0.3 is 0 Å². The highest BCUT2D eigenvalue weighted by Crippen LogP contribution is 2.33. The number of hydrogen-bond acceptors (Lipinski definition) is 5. The van der Waals surface area contributed by atoms with Gasteiger partial charge in [-0.05, 0) is 31.2 Å². The van der Waals surface area contributed by atoms with Gasteiger partial charge in [-0.2, -0.15) is 0 Å². The third-order valence-electron chi connectivity index (χ3n) is 3.29. The van der Waals surface area contributed by atoms with Gasteiger partial charge in [-0.3, -0.25) is 4.98 Å². The van der Waals surface area contributed by atoms with Crippen LogP contribution in [0.15, 0.2) is 54.7 Å². The van der Waals surface area contributed by atoms with Crippen LogP contribution in [0.5, 0.6) is 5.75 Å². The van der Waals surface area contributed by atoms with Crippen LogP contribution >= 0.6 is 11.6 Å². The second-order valence-corrected chi connectivity index (χ2v) is 5.38. The van der Waals surface area contributed by atoms with Gasteiger partial charge in [0.25, 0.3) is 0 Å². The summed E-state index contributed by atoms with van der Waals surface area (Å²) in [4.78, 5) is 14.7. The molecule has 0 saturated heterocycles. The monoisotopic (exact) mass is 326 g/mol. The fourth-order valence-electron chi connectivity index (χ4n) is 2.29. The van der Waals surface area contributed by atoms with E-state index in [0.29, 0.717) is 29.0 Å². The molecule has 0 atom stereocenters. The Morgan fingerprint density at radius 1 is 1.09 bits per heavy atom. The van der Waals surface area contributed by atoms with Crippen molar-refractivity contribution in [3.05, 3.63) is 71.4 Å². The normalized spacial score (nSPS) is 10.5. The quantitative estimate of drug-likeness (QED) is 0.737. The van der Waals surface area contributed by atoms with E-state index in [1.807, 2.05) is 35.2 Å². The van der Waals surface area contributed by atoms with Crippen LogP contribution in [-0.4, -0.2) is 20.1 Å². The van der Waals surface area contributed by atoms with Gasteiger partial charge in [0.05, 0.1) is 17.9 Å². The van der Waals surface area contributed by atoms with Crippen molar-refractivity contribution >= 4 is 23.1 Å². The van der Waals surface area contributed by atoms with Crippen LogP contribution < -0.4 is 4.90 Å². The predicted octanol–water partition coefficient (Wildman–Crippen LogP) is 3.88. The maximum atomic E-state index is 10.2. The van der Waals surface area contributed by atoms with E-state index in [2.05, 4.69) is 15.0 Å². The first-order valence-electron chi connectivity index (χ1n) is 7.10. The van der Waals surface area contributed by atoms with Crippen LogP contribution in [0.25, 0.3) is 0 Å². The molecule has 3 aromatic rings. The smallest absolute Gasteiger partial charge is 0.139 e. The van der Waals surface area contributed by atoms with Crippen molar-refractivity contribution in [2.24, 2.45) is 0 Å². The van der Waals surface area contributed by atoms with Gasteiger partial charge < -0.3 is 10.0 Å². The number of halogens is 1. The number of aromatic nitrogens is 3. The molecule has 0 spiro atoms. The molecule has 0 aliphatic rings. The summed E-state index contributed by atoms with van der Waals surface area (Å²) in [5.41, 5.74) is 1.48. The molecule has 23 heavy (non-hydrogen) atoms. The van der Waals surface area contributed by atoms with Gasteiger partial charge in [-0.1, -0.05) is 29.8 Å². The van der Waals surface area contributed by atoms with Crippen molar-refractivity contribution in [3.63, 3.8) is 0 Å². The number of pyridine rings is 1. The van der Waals surface area contributed by atoms with Crippen molar-refractivity contribution < 1.29 is 5.11 Å². The number of para-hydroxylation sites is 2. The molecule has 5 nitrogen and oxygen atoms in total. The molecule has 0 radical (unpaired) electrons. The molecular weight excluding hydrogens is 312 g/mol. The first-order chi connectivity index (χ1) is 11.1. The SMILES string of the molecule is Cc1nc(Cl)cc(N(Cc2ccccn2)c2ccccc2O)n1. The summed E-state index contributed by atoms with van der Waals surface area (Å²) in [6, 6.07) is 14.5. The average molecular weight is 327 g/mol. The number of rotatable bonds is 4. The van der Waals surface area contributed by atoms with Crippen molar-refractivity contribution in [1.82, 2.24) is 15.0 Å². The molecule has 0 fully saturated rings. The Hall–Kier alpha value is -2.66. The molecule has 1 N–H and O–H groups in total. The molecule has 0 aliphatic carbocycles. The van der Waals surface area contributed by atoms with Crippen LogP contribution in [0.4, 0.5) is 11.5 Å². The Bertz CT molecular complexity index is 790. The third kappa shape index (κ3) is 3.57. The number of phenolic OH excluding ortho intramolecular Hbond substituents is 1. The number of aromatic hydroxyl groups is 1. The van der Waals surface area contributed by atoms with Crippen LogP contribution in [0, 0.1) is 6.92 Å². The lowest BCUT2D eigenvalue weighted by atomic mass is 10.2. The summed E-state index contributed by atoms with van der Waals surface area (Å²) in [6.45, 7) is 2.23. The Morgan fingerprint density at radius 3 is 2.57 bits per heavy atom. The number of nitrogens with zero attached hydrogens (tertiary/aromatic N) is 4. The summed E-state index contributed by atoms with van der Waals surface area (Å²) < 4.78 is 0. The molecule has 0 saturated carbocycles. The van der Waals surface area contributed by atoms with Gasteiger partial charge in [-0.15, -0.1) is 0 Å². The lowest BCUT2D eigenvalue weighted by molar-refractivity contribution is 0.475. The molecule has 0 bridgehead atoms. The second-order valence-electron chi connectivity index (χ2n) is 4.99. The molecule has 116 valence electrons. The molecule has 2 heterocycles. The second kappa shape index (κ2) is 6.62. The number of phenols is 1. The minimum atomic E-state index is 0.163. The van der Waals surface area contributed by atoms with Crippen molar-refractivity contribution in [2.75, 3.05) is 4.90 Å². The zero-order valence-electron chi connectivity index (χ0n) is 12.5. The van der Waals surface area contributed by atoms with Gasteiger partial charge in [0, 0.05) is 12.3 Å². The number of anilines is 2. The zero-order valence-corrected chi connectivity index (χ0v) is 13.3. The fourth-order valence-corrected chi connectivity index (χ4v) is 2.51. The van der Waals surface area contributed by atoms with Gasteiger partial charge in [-0.25, -0.2) is 9.97 Å². The van der Waals surface area contributed by atoms with E-state index in [4.69, 9.17) is 11.6 Å². The Kier molecular flexibility index (Phi) is 4.39. The Balaban J connectivity index is 2.08. The molecule has 2 aromatic heterocycles. The van der Waals surface area contributed by atoms with E-state index in [-0.39, 0.29) is 5.75 Å². The highest BCUT2D eigenvalue weighted by molar-refractivity contribution is 6.29. The molecule has 0 aliphatic heterocycles. The first kappa shape index (κ1) is 15.2. The number of benzene rings is 1. The molecule has 0 amide bonds. The lowest BCUT2D eigenvalue weighted by Crippen LogP contribution is -2.19. The van der Waals surface area contributed by atoms with Crippen LogP contribution in [0.2, 0.25) is 5.15 Å². The topological polar surface area (TPSA) is 62.1 Å². The van der Waals surface area contributed by atoms with Crippen LogP contribution in [0.1, 0.15) is 11.5 Å². The Labute approximate surface area is 139 Å². The van der Waals surface area contributed by atoms with Crippen molar-refractivity contribution in [3.8, 4) is 5.75 Å². The summed E-state index contributed by atoms with van der Waals surface area (Å²) in [5.74, 6) is 1.33. The average Bonchev–Trinajstić information content (AvgIpc) is 2.53. The standard InChI is InChI=1S/C17H15ClN4O/c1-12-20-16(18)10-17(21-12)22(11-13-6-4-5-9-19-13)14-7-2-3-8-15(14)23/h2-10,23H,11H2,1H3. The molecule has 6 heteroatoms. The van der Waals surface area contributed by atoms with Crippen LogP contribution in [-0.2, 0) is 6.54 Å². The van der Waals surface area contributed by atoms with E-state index >= 15 is 0 Å². The van der Waals surface area contributed by atoms with E-state index in [1.165, 1.54) is 0 Å². The minimum Gasteiger partial charge on any atom is -0.506 e. The lowest BCUT2D eigenvalue weighted by Gasteiger charge is -2.24. The zero-order chi connectivity index (χ0) is 16.2. The summed E-state index contributed by atoms with van der Waals surface area (Å²) in [7, 11) is 0. The molecule has 1 aromatic carbocycles.